The summed E-state index contributed by atoms with van der Waals surface area (Å²) >= 11 is 0.848. The lowest BCUT2D eigenvalue weighted by Crippen LogP contribution is -2.23. The van der Waals surface area contributed by atoms with Gasteiger partial charge in [-0.1, -0.05) is 5.92 Å². The van der Waals surface area contributed by atoms with E-state index in [1.54, 1.807) is 0 Å². The molecule has 0 amide bonds. The van der Waals surface area contributed by atoms with Gasteiger partial charge in [-0.25, -0.2) is 13.2 Å². The van der Waals surface area contributed by atoms with Gasteiger partial charge in [0.15, 0.2) is 0 Å². The molecular formula is C8H7NO4S2. The number of nitrogens with one attached hydrogen (secondary N) is 1. The van der Waals surface area contributed by atoms with Crippen molar-refractivity contribution in [3.63, 3.8) is 0 Å². The Bertz CT molecular complexity index is 509. The SMILES string of the molecule is C#CCNS(=O)(=O)c1csc(C(=O)O)c1. The van der Waals surface area contributed by atoms with Gasteiger partial charge in [0, 0.05) is 5.38 Å². The summed E-state index contributed by atoms with van der Waals surface area (Å²) in [5.41, 5.74) is 0. The molecule has 15 heavy (non-hydrogen) atoms. The molecule has 2 N–H and O–H groups in total. The maximum absolute atomic E-state index is 11.4. The zero-order chi connectivity index (χ0) is 11.5. The summed E-state index contributed by atoms with van der Waals surface area (Å²) in [7, 11) is -3.68. The molecule has 0 spiro atoms. The number of carboxylic acid groups (broad SMARTS) is 1. The van der Waals surface area contributed by atoms with Crippen molar-refractivity contribution >= 4 is 27.3 Å². The van der Waals surface area contributed by atoms with E-state index in [4.69, 9.17) is 11.5 Å². The van der Waals surface area contributed by atoms with E-state index in [9.17, 15) is 13.2 Å². The summed E-state index contributed by atoms with van der Waals surface area (Å²) in [5.74, 6) is 0.966. The minimum Gasteiger partial charge on any atom is -0.477 e. The van der Waals surface area contributed by atoms with Crippen LogP contribution in [-0.4, -0.2) is 26.0 Å². The highest BCUT2D eigenvalue weighted by molar-refractivity contribution is 7.89. The Kier molecular flexibility index (Phi) is 3.47. The third-order valence-electron chi connectivity index (χ3n) is 1.46. The molecule has 1 rings (SSSR count). The number of carbonyl (C=O) groups is 1. The van der Waals surface area contributed by atoms with Gasteiger partial charge in [0.2, 0.25) is 10.0 Å². The van der Waals surface area contributed by atoms with E-state index < -0.39 is 16.0 Å². The summed E-state index contributed by atoms with van der Waals surface area (Å²) in [6.07, 6.45) is 4.90. The van der Waals surface area contributed by atoms with E-state index in [1.807, 2.05) is 0 Å². The highest BCUT2D eigenvalue weighted by atomic mass is 32.2. The van der Waals surface area contributed by atoms with Crippen LogP contribution >= 0.6 is 11.3 Å². The Balaban J connectivity index is 2.97. The van der Waals surface area contributed by atoms with Gasteiger partial charge in [0.1, 0.15) is 4.88 Å². The predicted octanol–water partition coefficient (Wildman–Crippen LogP) is 0.358. The number of thiophene rings is 1. The molecule has 0 saturated carbocycles. The summed E-state index contributed by atoms with van der Waals surface area (Å²) in [5, 5.41) is 9.86. The van der Waals surface area contributed by atoms with Crippen molar-refractivity contribution in [1.29, 1.82) is 0 Å². The van der Waals surface area contributed by atoms with Crippen LogP contribution in [0.1, 0.15) is 9.67 Å². The van der Waals surface area contributed by atoms with Crippen LogP contribution < -0.4 is 4.72 Å². The minimum atomic E-state index is -3.68. The van der Waals surface area contributed by atoms with Crippen molar-refractivity contribution in [2.45, 2.75) is 4.90 Å². The van der Waals surface area contributed by atoms with E-state index >= 15 is 0 Å². The van der Waals surface area contributed by atoms with E-state index in [2.05, 4.69) is 10.6 Å². The Labute approximate surface area is 90.8 Å². The fraction of sp³-hybridized carbons (Fsp3) is 0.125. The van der Waals surface area contributed by atoms with E-state index in [1.165, 1.54) is 5.38 Å². The second-order valence-corrected chi connectivity index (χ2v) is 5.16. The second-order valence-electron chi connectivity index (χ2n) is 2.48. The largest absolute Gasteiger partial charge is 0.477 e. The third-order valence-corrected chi connectivity index (χ3v) is 3.91. The monoisotopic (exact) mass is 245 g/mol. The number of sulfonamides is 1. The smallest absolute Gasteiger partial charge is 0.345 e. The highest BCUT2D eigenvalue weighted by Crippen LogP contribution is 2.18. The standard InChI is InChI=1S/C8H7NO4S2/c1-2-3-9-15(12,13)6-4-7(8(10)11)14-5-6/h1,4-5,9H,3H2,(H,10,11). The first kappa shape index (κ1) is 11.7. The number of rotatable bonds is 4. The van der Waals surface area contributed by atoms with Crippen LogP contribution in [0.2, 0.25) is 0 Å². The summed E-state index contributed by atoms with van der Waals surface area (Å²) in [6, 6.07) is 1.09. The van der Waals surface area contributed by atoms with E-state index in [0.29, 0.717) is 0 Å². The van der Waals surface area contributed by atoms with Crippen molar-refractivity contribution in [1.82, 2.24) is 4.72 Å². The van der Waals surface area contributed by atoms with Gasteiger partial charge < -0.3 is 5.11 Å². The van der Waals surface area contributed by atoms with Gasteiger partial charge in [-0.15, -0.1) is 17.8 Å². The first-order chi connectivity index (χ1) is 6.97. The van der Waals surface area contributed by atoms with Gasteiger partial charge in [-0.3, -0.25) is 0 Å². The molecule has 0 saturated heterocycles. The lowest BCUT2D eigenvalue weighted by atomic mass is 10.5. The molecule has 1 aromatic rings. The van der Waals surface area contributed by atoms with Crippen LogP contribution in [0, 0.1) is 12.3 Å². The molecule has 80 valence electrons. The van der Waals surface area contributed by atoms with E-state index in [-0.39, 0.29) is 16.3 Å². The fourth-order valence-corrected chi connectivity index (χ4v) is 2.84. The van der Waals surface area contributed by atoms with Crippen molar-refractivity contribution in [3.8, 4) is 12.3 Å². The average Bonchev–Trinajstić information content (AvgIpc) is 2.64. The van der Waals surface area contributed by atoms with Crippen molar-refractivity contribution in [2.75, 3.05) is 6.54 Å². The normalized spacial score (nSPS) is 10.9. The van der Waals surface area contributed by atoms with Gasteiger partial charge in [0.05, 0.1) is 11.4 Å². The van der Waals surface area contributed by atoms with Gasteiger partial charge in [-0.05, 0) is 6.07 Å². The quantitative estimate of drug-likeness (QED) is 0.750. The molecule has 5 nitrogen and oxygen atoms in total. The molecule has 7 heteroatoms. The van der Waals surface area contributed by atoms with Crippen LogP contribution in [0.15, 0.2) is 16.3 Å². The van der Waals surface area contributed by atoms with Crippen LogP contribution in [0.4, 0.5) is 0 Å². The topological polar surface area (TPSA) is 83.5 Å². The second kappa shape index (κ2) is 4.44. The molecule has 1 aromatic heterocycles. The van der Waals surface area contributed by atoms with Crippen LogP contribution in [0.25, 0.3) is 0 Å². The number of aromatic carboxylic acids is 1. The Morgan fingerprint density at radius 1 is 1.67 bits per heavy atom. The van der Waals surface area contributed by atoms with E-state index in [0.717, 1.165) is 17.4 Å². The molecule has 0 aliphatic carbocycles. The van der Waals surface area contributed by atoms with Crippen LogP contribution in [0.5, 0.6) is 0 Å². The fourth-order valence-electron chi connectivity index (χ4n) is 0.792. The van der Waals surface area contributed by atoms with Gasteiger partial charge >= 0.3 is 5.97 Å². The minimum absolute atomic E-state index is 0.0314. The summed E-state index contributed by atoms with van der Waals surface area (Å²) in [4.78, 5) is 10.4. The lowest BCUT2D eigenvalue weighted by Gasteiger charge is -1.99. The van der Waals surface area contributed by atoms with Crippen LogP contribution in [-0.2, 0) is 10.0 Å². The maximum Gasteiger partial charge on any atom is 0.345 e. The lowest BCUT2D eigenvalue weighted by molar-refractivity contribution is 0.0702. The average molecular weight is 245 g/mol. The highest BCUT2D eigenvalue weighted by Gasteiger charge is 2.17. The molecule has 0 fully saturated rings. The molecule has 0 bridgehead atoms. The van der Waals surface area contributed by atoms with Crippen molar-refractivity contribution in [2.24, 2.45) is 0 Å². The number of hydrogen-bond acceptors (Lipinski definition) is 4. The Hall–Kier alpha value is -1.36. The molecule has 0 atom stereocenters. The third kappa shape index (κ3) is 2.79. The maximum atomic E-state index is 11.4. The number of hydrogen-bond donors (Lipinski definition) is 2. The molecule has 0 aliphatic rings. The Morgan fingerprint density at radius 2 is 2.33 bits per heavy atom. The molecule has 0 aliphatic heterocycles. The first-order valence-corrected chi connectivity index (χ1v) is 6.08. The summed E-state index contributed by atoms with van der Waals surface area (Å²) < 4.78 is 25.0. The molecule has 1 heterocycles. The zero-order valence-corrected chi connectivity index (χ0v) is 9.06. The van der Waals surface area contributed by atoms with Crippen molar-refractivity contribution < 1.29 is 18.3 Å². The Morgan fingerprint density at radius 3 is 2.80 bits per heavy atom. The summed E-state index contributed by atoms with van der Waals surface area (Å²) in [6.45, 7) is -0.124. The molecule has 0 radical (unpaired) electrons. The molecule has 0 unspecified atom stereocenters. The number of terminal acetylenes is 1. The van der Waals surface area contributed by atoms with Gasteiger partial charge in [0.25, 0.3) is 0 Å². The zero-order valence-electron chi connectivity index (χ0n) is 7.43. The van der Waals surface area contributed by atoms with Crippen LogP contribution in [0.3, 0.4) is 0 Å². The van der Waals surface area contributed by atoms with Gasteiger partial charge in [-0.2, -0.15) is 4.72 Å². The number of carboxylic acids is 1. The van der Waals surface area contributed by atoms with Crippen molar-refractivity contribution in [3.05, 3.63) is 16.3 Å². The predicted molar refractivity (Wildman–Crippen MR) is 55.3 cm³/mol. The first-order valence-electron chi connectivity index (χ1n) is 3.72. The molecular weight excluding hydrogens is 238 g/mol. The molecule has 0 aromatic carbocycles.